The maximum absolute atomic E-state index is 12.5. The van der Waals surface area contributed by atoms with Crippen LogP contribution in [0.5, 0.6) is 0 Å². The summed E-state index contributed by atoms with van der Waals surface area (Å²) in [5.41, 5.74) is 2.11. The van der Waals surface area contributed by atoms with Gasteiger partial charge in [-0.2, -0.15) is 0 Å². The molecule has 0 spiro atoms. The molecule has 8 heteroatoms. The van der Waals surface area contributed by atoms with Crippen LogP contribution in [0.15, 0.2) is 24.3 Å². The first-order valence-electron chi connectivity index (χ1n) is 7.97. The summed E-state index contributed by atoms with van der Waals surface area (Å²) in [4.78, 5) is 25.7. The van der Waals surface area contributed by atoms with Gasteiger partial charge >= 0.3 is 6.03 Å². The van der Waals surface area contributed by atoms with E-state index in [4.69, 9.17) is 0 Å². The Morgan fingerprint density at radius 3 is 2.32 bits per heavy atom. The summed E-state index contributed by atoms with van der Waals surface area (Å²) in [6.07, 6.45) is 0. The van der Waals surface area contributed by atoms with Crippen molar-refractivity contribution < 1.29 is 9.59 Å². The Morgan fingerprint density at radius 1 is 1.12 bits per heavy atom. The third kappa shape index (κ3) is 4.99. The van der Waals surface area contributed by atoms with Gasteiger partial charge in [-0.1, -0.05) is 55.0 Å². The van der Waals surface area contributed by atoms with Crippen molar-refractivity contribution in [1.29, 1.82) is 0 Å². The SMILES string of the molecule is Cc1ccc(-c2nnc(NC(=O)C(NC(=O)N(C)C)C(C)C)s2)cc1. The van der Waals surface area contributed by atoms with Gasteiger partial charge in [0.05, 0.1) is 0 Å². The summed E-state index contributed by atoms with van der Waals surface area (Å²) < 4.78 is 0. The number of benzene rings is 1. The van der Waals surface area contributed by atoms with Gasteiger partial charge in [-0.15, -0.1) is 10.2 Å². The number of urea groups is 1. The third-order valence-electron chi connectivity index (χ3n) is 3.59. The molecule has 0 saturated heterocycles. The molecule has 0 aliphatic rings. The number of rotatable bonds is 5. The standard InChI is InChI=1S/C17H23N5O2S/c1-10(2)13(18-17(24)22(4)5)14(23)19-16-21-20-15(25-16)12-8-6-11(3)7-9-12/h6-10,13H,1-5H3,(H,18,24)(H,19,21,23). The molecule has 2 aromatic rings. The third-order valence-corrected chi connectivity index (χ3v) is 4.48. The average Bonchev–Trinajstić information content (AvgIpc) is 3.00. The van der Waals surface area contributed by atoms with Gasteiger partial charge < -0.3 is 10.2 Å². The van der Waals surface area contributed by atoms with E-state index in [1.165, 1.54) is 21.8 Å². The number of aryl methyl sites for hydroxylation is 1. The fraction of sp³-hybridized carbons (Fsp3) is 0.412. The van der Waals surface area contributed by atoms with Crippen LogP contribution in [0.1, 0.15) is 19.4 Å². The van der Waals surface area contributed by atoms with E-state index in [1.807, 2.05) is 45.0 Å². The van der Waals surface area contributed by atoms with Crippen LogP contribution < -0.4 is 10.6 Å². The lowest BCUT2D eigenvalue weighted by Gasteiger charge is -2.23. The summed E-state index contributed by atoms with van der Waals surface area (Å²) in [5, 5.41) is 14.7. The second kappa shape index (κ2) is 8.06. The number of hydrogen-bond donors (Lipinski definition) is 2. The van der Waals surface area contributed by atoms with Gasteiger partial charge in [0.1, 0.15) is 11.0 Å². The predicted octanol–water partition coefficient (Wildman–Crippen LogP) is 2.75. The molecule has 0 fully saturated rings. The van der Waals surface area contributed by atoms with E-state index in [0.29, 0.717) is 5.13 Å². The first kappa shape index (κ1) is 18.9. The topological polar surface area (TPSA) is 87.2 Å². The molecule has 1 aromatic heterocycles. The Kier molecular flexibility index (Phi) is 6.08. The lowest BCUT2D eigenvalue weighted by molar-refractivity contribution is -0.118. The molecular weight excluding hydrogens is 338 g/mol. The van der Waals surface area contributed by atoms with E-state index in [2.05, 4.69) is 20.8 Å². The molecule has 1 unspecified atom stereocenters. The highest BCUT2D eigenvalue weighted by Crippen LogP contribution is 2.26. The van der Waals surface area contributed by atoms with Crippen LogP contribution in [0.25, 0.3) is 10.6 Å². The van der Waals surface area contributed by atoms with Crippen LogP contribution in [0, 0.1) is 12.8 Å². The summed E-state index contributed by atoms with van der Waals surface area (Å²) in [5.74, 6) is -0.370. The van der Waals surface area contributed by atoms with Crippen LogP contribution in [0.2, 0.25) is 0 Å². The van der Waals surface area contributed by atoms with Gasteiger partial charge in [0.2, 0.25) is 11.0 Å². The van der Waals surface area contributed by atoms with Gasteiger partial charge in [0, 0.05) is 19.7 Å². The molecule has 0 aliphatic heterocycles. The zero-order valence-corrected chi connectivity index (χ0v) is 15.8. The Hall–Kier alpha value is -2.48. The number of carbonyl (C=O) groups excluding carboxylic acids is 2. The van der Waals surface area contributed by atoms with Crippen molar-refractivity contribution in [2.24, 2.45) is 5.92 Å². The largest absolute Gasteiger partial charge is 0.331 e. The molecule has 0 radical (unpaired) electrons. The molecule has 25 heavy (non-hydrogen) atoms. The van der Waals surface area contributed by atoms with E-state index in [-0.39, 0.29) is 17.9 Å². The minimum atomic E-state index is -0.651. The van der Waals surface area contributed by atoms with Gasteiger partial charge in [-0.25, -0.2) is 4.79 Å². The smallest absolute Gasteiger partial charge is 0.317 e. The Labute approximate surface area is 151 Å². The van der Waals surface area contributed by atoms with Crippen LogP contribution in [-0.2, 0) is 4.79 Å². The van der Waals surface area contributed by atoms with E-state index in [0.717, 1.165) is 10.6 Å². The molecule has 2 rings (SSSR count). The maximum Gasteiger partial charge on any atom is 0.317 e. The van der Waals surface area contributed by atoms with Gasteiger partial charge in [-0.3, -0.25) is 10.1 Å². The molecule has 1 atom stereocenters. The average molecular weight is 361 g/mol. The number of nitrogens with one attached hydrogen (secondary N) is 2. The van der Waals surface area contributed by atoms with Crippen molar-refractivity contribution in [2.75, 3.05) is 19.4 Å². The quantitative estimate of drug-likeness (QED) is 0.857. The van der Waals surface area contributed by atoms with Crippen molar-refractivity contribution in [2.45, 2.75) is 26.8 Å². The maximum atomic E-state index is 12.5. The lowest BCUT2D eigenvalue weighted by atomic mass is 10.0. The van der Waals surface area contributed by atoms with Crippen LogP contribution in [-0.4, -0.2) is 47.2 Å². The van der Waals surface area contributed by atoms with Crippen molar-refractivity contribution in [3.05, 3.63) is 29.8 Å². The van der Waals surface area contributed by atoms with E-state index < -0.39 is 6.04 Å². The molecule has 1 heterocycles. The van der Waals surface area contributed by atoms with E-state index in [1.54, 1.807) is 14.1 Å². The molecule has 1 aromatic carbocycles. The minimum Gasteiger partial charge on any atom is -0.331 e. The van der Waals surface area contributed by atoms with Crippen molar-refractivity contribution >= 4 is 28.4 Å². The Bertz CT molecular complexity index is 740. The second-order valence-electron chi connectivity index (χ2n) is 6.33. The number of aromatic nitrogens is 2. The molecule has 2 N–H and O–H groups in total. The monoisotopic (exact) mass is 361 g/mol. The van der Waals surface area contributed by atoms with Crippen molar-refractivity contribution in [3.63, 3.8) is 0 Å². The normalized spacial score (nSPS) is 11.9. The van der Waals surface area contributed by atoms with E-state index >= 15 is 0 Å². The number of carbonyl (C=O) groups is 2. The highest BCUT2D eigenvalue weighted by molar-refractivity contribution is 7.18. The molecule has 7 nitrogen and oxygen atoms in total. The summed E-state index contributed by atoms with van der Waals surface area (Å²) >= 11 is 1.30. The Balaban J connectivity index is 2.08. The first-order valence-corrected chi connectivity index (χ1v) is 8.78. The molecule has 0 bridgehead atoms. The molecular formula is C17H23N5O2S. The van der Waals surface area contributed by atoms with Crippen molar-refractivity contribution in [3.8, 4) is 10.6 Å². The highest BCUT2D eigenvalue weighted by Gasteiger charge is 2.25. The summed E-state index contributed by atoms with van der Waals surface area (Å²) in [6.45, 7) is 5.76. The first-order chi connectivity index (χ1) is 11.8. The fourth-order valence-corrected chi connectivity index (χ4v) is 2.82. The number of hydrogen-bond acceptors (Lipinski definition) is 5. The highest BCUT2D eigenvalue weighted by atomic mass is 32.1. The predicted molar refractivity (Wildman–Crippen MR) is 99.6 cm³/mol. The molecule has 0 aliphatic carbocycles. The zero-order valence-electron chi connectivity index (χ0n) is 15.0. The van der Waals surface area contributed by atoms with Gasteiger partial charge in [0.25, 0.3) is 0 Å². The van der Waals surface area contributed by atoms with E-state index in [9.17, 15) is 9.59 Å². The number of anilines is 1. The lowest BCUT2D eigenvalue weighted by Crippen LogP contribution is -2.50. The molecule has 3 amide bonds. The second-order valence-corrected chi connectivity index (χ2v) is 7.31. The van der Waals surface area contributed by atoms with Crippen LogP contribution in [0.3, 0.4) is 0 Å². The molecule has 134 valence electrons. The Morgan fingerprint density at radius 2 is 1.76 bits per heavy atom. The van der Waals surface area contributed by atoms with Gasteiger partial charge in [-0.05, 0) is 12.8 Å². The number of nitrogens with zero attached hydrogens (tertiary/aromatic N) is 3. The zero-order chi connectivity index (χ0) is 18.6. The minimum absolute atomic E-state index is 0.0617. The molecule has 0 saturated carbocycles. The summed E-state index contributed by atoms with van der Waals surface area (Å²) in [6, 6.07) is 6.97. The number of amides is 3. The van der Waals surface area contributed by atoms with Crippen LogP contribution >= 0.6 is 11.3 Å². The summed E-state index contributed by atoms with van der Waals surface area (Å²) in [7, 11) is 3.26. The van der Waals surface area contributed by atoms with Crippen LogP contribution in [0.4, 0.5) is 9.93 Å². The van der Waals surface area contributed by atoms with Gasteiger partial charge in [0.15, 0.2) is 0 Å². The van der Waals surface area contributed by atoms with Crippen molar-refractivity contribution in [1.82, 2.24) is 20.4 Å². The fourth-order valence-electron chi connectivity index (χ4n) is 2.07.